The SMILES string of the molecule is COc1cc2[nH]ncc2c2c1N[C@@H](c1ccc(F)c(C#N)c1)[C@@H]1[C@H]3CC[C@H](C3)[C@H]21. The molecule has 2 fully saturated rings. The second-order valence-corrected chi connectivity index (χ2v) is 8.61. The molecule has 0 saturated heterocycles. The lowest BCUT2D eigenvalue weighted by molar-refractivity contribution is 0.247. The first-order valence-electron chi connectivity index (χ1n) is 10.2. The van der Waals surface area contributed by atoms with E-state index < -0.39 is 5.82 Å². The minimum absolute atomic E-state index is 0.0359. The molecule has 6 heteroatoms. The maximum Gasteiger partial charge on any atom is 0.144 e. The Hall–Kier alpha value is -3.07. The van der Waals surface area contributed by atoms with E-state index in [2.05, 4.69) is 15.5 Å². The molecule has 2 N–H and O–H groups in total. The molecule has 0 unspecified atom stereocenters. The molecule has 2 saturated carbocycles. The summed E-state index contributed by atoms with van der Waals surface area (Å²) in [5.41, 5.74) is 4.40. The third kappa shape index (κ3) is 2.21. The molecule has 29 heavy (non-hydrogen) atoms. The van der Waals surface area contributed by atoms with Crippen LogP contribution in [-0.2, 0) is 0 Å². The molecule has 5 atom stereocenters. The molecule has 0 radical (unpaired) electrons. The zero-order chi connectivity index (χ0) is 19.7. The topological polar surface area (TPSA) is 73.7 Å². The van der Waals surface area contributed by atoms with Crippen molar-refractivity contribution in [3.63, 3.8) is 0 Å². The second-order valence-electron chi connectivity index (χ2n) is 8.61. The quantitative estimate of drug-likeness (QED) is 0.656. The Morgan fingerprint density at radius 2 is 2.10 bits per heavy atom. The van der Waals surface area contributed by atoms with Crippen LogP contribution >= 0.6 is 0 Å². The van der Waals surface area contributed by atoms with E-state index in [-0.39, 0.29) is 11.6 Å². The summed E-state index contributed by atoms with van der Waals surface area (Å²) in [5.74, 6) is 2.46. The molecule has 2 aromatic carbocycles. The average Bonchev–Trinajstić information content (AvgIpc) is 3.48. The Bertz CT molecular complexity index is 1180. The van der Waals surface area contributed by atoms with Crippen molar-refractivity contribution in [1.29, 1.82) is 5.26 Å². The predicted molar refractivity (Wildman–Crippen MR) is 107 cm³/mol. The molecule has 3 aromatic rings. The molecule has 0 amide bonds. The number of benzene rings is 2. The van der Waals surface area contributed by atoms with Crippen molar-refractivity contribution in [2.75, 3.05) is 12.4 Å². The van der Waals surface area contributed by atoms with Crippen molar-refractivity contribution >= 4 is 16.6 Å². The highest BCUT2D eigenvalue weighted by Crippen LogP contribution is 2.65. The molecular weight excluding hydrogens is 367 g/mol. The first-order valence-corrected chi connectivity index (χ1v) is 10.2. The Labute approximate surface area is 167 Å². The number of aromatic amines is 1. The monoisotopic (exact) mass is 388 g/mol. The third-order valence-corrected chi connectivity index (χ3v) is 7.44. The van der Waals surface area contributed by atoms with Gasteiger partial charge in [0.2, 0.25) is 0 Å². The van der Waals surface area contributed by atoms with Gasteiger partial charge in [-0.2, -0.15) is 10.4 Å². The van der Waals surface area contributed by atoms with Gasteiger partial charge in [0.25, 0.3) is 0 Å². The van der Waals surface area contributed by atoms with Gasteiger partial charge >= 0.3 is 0 Å². The minimum Gasteiger partial charge on any atom is -0.494 e. The smallest absolute Gasteiger partial charge is 0.144 e. The van der Waals surface area contributed by atoms with Gasteiger partial charge in [-0.05, 0) is 66.2 Å². The highest BCUT2D eigenvalue weighted by molar-refractivity contribution is 5.92. The fourth-order valence-electron chi connectivity index (χ4n) is 6.37. The van der Waals surface area contributed by atoms with Crippen molar-refractivity contribution < 1.29 is 9.13 Å². The van der Waals surface area contributed by atoms with E-state index in [0.29, 0.717) is 23.7 Å². The fraction of sp³-hybridized carbons (Fsp3) is 0.391. The lowest BCUT2D eigenvalue weighted by atomic mass is 9.67. The summed E-state index contributed by atoms with van der Waals surface area (Å²) in [4.78, 5) is 0. The van der Waals surface area contributed by atoms with E-state index in [1.165, 1.54) is 30.9 Å². The van der Waals surface area contributed by atoms with E-state index in [0.717, 1.165) is 27.9 Å². The van der Waals surface area contributed by atoms with E-state index in [4.69, 9.17) is 4.74 Å². The zero-order valence-corrected chi connectivity index (χ0v) is 16.1. The second kappa shape index (κ2) is 5.96. The van der Waals surface area contributed by atoms with Gasteiger partial charge in [0.1, 0.15) is 17.6 Å². The largest absolute Gasteiger partial charge is 0.494 e. The highest BCUT2D eigenvalue weighted by Gasteiger charge is 2.54. The molecule has 1 aliphatic heterocycles. The number of fused-ring (bicyclic) bond motifs is 9. The molecule has 2 aliphatic carbocycles. The fourth-order valence-corrected chi connectivity index (χ4v) is 6.37. The van der Waals surface area contributed by atoms with E-state index in [1.807, 2.05) is 24.4 Å². The van der Waals surface area contributed by atoms with Gasteiger partial charge in [-0.25, -0.2) is 4.39 Å². The van der Waals surface area contributed by atoms with E-state index >= 15 is 0 Å². The van der Waals surface area contributed by atoms with Gasteiger partial charge in [0.05, 0.1) is 36.1 Å². The van der Waals surface area contributed by atoms with Crippen LogP contribution in [0.1, 0.15) is 47.9 Å². The molecule has 1 aromatic heterocycles. The van der Waals surface area contributed by atoms with Gasteiger partial charge in [-0.15, -0.1) is 0 Å². The van der Waals surface area contributed by atoms with Crippen LogP contribution in [0.5, 0.6) is 5.75 Å². The Balaban J connectivity index is 1.58. The first kappa shape index (κ1) is 16.8. The third-order valence-electron chi connectivity index (χ3n) is 7.44. The van der Waals surface area contributed by atoms with Gasteiger partial charge in [0, 0.05) is 11.5 Å². The summed E-state index contributed by atoms with van der Waals surface area (Å²) < 4.78 is 19.7. The number of halogens is 1. The van der Waals surface area contributed by atoms with Gasteiger partial charge in [-0.1, -0.05) is 6.07 Å². The number of nitrogens with zero attached hydrogens (tertiary/aromatic N) is 2. The predicted octanol–water partition coefficient (Wildman–Crippen LogP) is 4.88. The van der Waals surface area contributed by atoms with Crippen LogP contribution in [0.2, 0.25) is 0 Å². The maximum atomic E-state index is 14.0. The Morgan fingerprint density at radius 1 is 1.24 bits per heavy atom. The molecule has 2 bridgehead atoms. The van der Waals surface area contributed by atoms with Crippen molar-refractivity contribution in [2.45, 2.75) is 31.2 Å². The number of anilines is 1. The minimum atomic E-state index is -0.463. The van der Waals surface area contributed by atoms with Crippen LogP contribution in [0.4, 0.5) is 10.1 Å². The van der Waals surface area contributed by atoms with Crippen LogP contribution in [0.15, 0.2) is 30.5 Å². The van der Waals surface area contributed by atoms with Crippen LogP contribution < -0.4 is 10.1 Å². The van der Waals surface area contributed by atoms with Gasteiger partial charge < -0.3 is 10.1 Å². The molecule has 146 valence electrons. The summed E-state index contributed by atoms with van der Waals surface area (Å²) in [7, 11) is 1.69. The summed E-state index contributed by atoms with van der Waals surface area (Å²) in [5, 5.41) is 21.6. The summed E-state index contributed by atoms with van der Waals surface area (Å²) in [6.45, 7) is 0. The Morgan fingerprint density at radius 3 is 2.93 bits per heavy atom. The standard InChI is InChI=1S/C23H21FN4O/c1-29-18-8-17-15(10-26-28-17)21-19-11-2-3-12(6-11)20(19)22(27-23(18)21)13-4-5-16(24)14(7-13)9-25/h4-5,7-8,10-12,19-20,22,27H,2-3,6H2,1H3,(H,26,28)/t11-,12+,19+,20-,22+/m1/s1. The molecule has 5 nitrogen and oxygen atoms in total. The number of nitriles is 1. The van der Waals surface area contributed by atoms with Crippen LogP contribution in [-0.4, -0.2) is 17.3 Å². The van der Waals surface area contributed by atoms with Crippen molar-refractivity contribution in [3.05, 3.63) is 53.0 Å². The lowest BCUT2D eigenvalue weighted by Gasteiger charge is -2.44. The highest BCUT2D eigenvalue weighted by atomic mass is 19.1. The number of hydrogen-bond donors (Lipinski definition) is 2. The summed E-state index contributed by atoms with van der Waals surface area (Å²) >= 11 is 0. The normalized spacial score (nSPS) is 29.2. The maximum absolute atomic E-state index is 14.0. The molecule has 2 heterocycles. The zero-order valence-electron chi connectivity index (χ0n) is 16.1. The number of nitrogens with one attached hydrogen (secondary N) is 2. The number of hydrogen-bond acceptors (Lipinski definition) is 4. The van der Waals surface area contributed by atoms with Crippen LogP contribution in [0.25, 0.3) is 10.9 Å². The number of methoxy groups -OCH3 is 1. The van der Waals surface area contributed by atoms with E-state index in [1.54, 1.807) is 13.2 Å². The number of aromatic nitrogens is 2. The van der Waals surface area contributed by atoms with Gasteiger partial charge in [0.15, 0.2) is 0 Å². The average molecular weight is 388 g/mol. The molecular formula is C23H21FN4O. The van der Waals surface area contributed by atoms with Crippen molar-refractivity contribution in [3.8, 4) is 11.8 Å². The van der Waals surface area contributed by atoms with Crippen LogP contribution in [0.3, 0.4) is 0 Å². The summed E-state index contributed by atoms with van der Waals surface area (Å²) in [6, 6.07) is 8.97. The van der Waals surface area contributed by atoms with E-state index in [9.17, 15) is 9.65 Å². The number of ether oxygens (including phenoxy) is 1. The molecule has 6 rings (SSSR count). The Kier molecular flexibility index (Phi) is 3.46. The summed E-state index contributed by atoms with van der Waals surface area (Å²) in [6.07, 6.45) is 5.64. The van der Waals surface area contributed by atoms with Crippen molar-refractivity contribution in [2.24, 2.45) is 17.8 Å². The van der Waals surface area contributed by atoms with Gasteiger partial charge in [-0.3, -0.25) is 5.10 Å². The number of rotatable bonds is 2. The molecule has 0 spiro atoms. The van der Waals surface area contributed by atoms with Crippen molar-refractivity contribution in [1.82, 2.24) is 10.2 Å². The number of H-pyrrole nitrogens is 1. The first-order chi connectivity index (χ1) is 14.2. The lowest BCUT2D eigenvalue weighted by Crippen LogP contribution is -2.35. The van der Waals surface area contributed by atoms with Crippen LogP contribution in [0, 0.1) is 34.9 Å². The molecule has 3 aliphatic rings.